The lowest BCUT2D eigenvalue weighted by Crippen LogP contribution is -2.37. The molecule has 5 heteroatoms. The Kier molecular flexibility index (Phi) is 5.78. The van der Waals surface area contributed by atoms with Crippen LogP contribution in [0.2, 0.25) is 5.02 Å². The van der Waals surface area contributed by atoms with Gasteiger partial charge in [-0.1, -0.05) is 30.7 Å². The maximum atomic E-state index is 12.8. The van der Waals surface area contributed by atoms with Gasteiger partial charge in [0, 0.05) is 11.6 Å². The molecule has 0 aromatic heterocycles. The van der Waals surface area contributed by atoms with Crippen LogP contribution in [0.3, 0.4) is 0 Å². The summed E-state index contributed by atoms with van der Waals surface area (Å²) in [5.41, 5.74) is 0.830. The van der Waals surface area contributed by atoms with Crippen LogP contribution in [0, 0.1) is 5.82 Å². The SMILES string of the molecule is CCC(Oc1ccc(Cl)cc1)C(=O)NCc1ccc(F)cc1. The second kappa shape index (κ2) is 7.80. The van der Waals surface area contributed by atoms with Crippen LogP contribution in [-0.2, 0) is 11.3 Å². The Morgan fingerprint density at radius 1 is 1.18 bits per heavy atom. The van der Waals surface area contributed by atoms with E-state index in [1.54, 1.807) is 36.4 Å². The third kappa shape index (κ3) is 4.74. The van der Waals surface area contributed by atoms with E-state index in [9.17, 15) is 9.18 Å². The molecule has 2 aromatic rings. The van der Waals surface area contributed by atoms with E-state index in [0.717, 1.165) is 5.56 Å². The summed E-state index contributed by atoms with van der Waals surface area (Å²) in [6.07, 6.45) is -0.0423. The normalized spacial score (nSPS) is 11.8. The van der Waals surface area contributed by atoms with Crippen molar-refractivity contribution in [2.24, 2.45) is 0 Å². The summed E-state index contributed by atoms with van der Waals surface area (Å²) in [5.74, 6) is 0.0857. The largest absolute Gasteiger partial charge is 0.481 e. The predicted molar refractivity (Wildman–Crippen MR) is 84.4 cm³/mol. The molecule has 0 bridgehead atoms. The number of nitrogens with one attached hydrogen (secondary N) is 1. The standard InChI is InChI=1S/C17H17ClFNO2/c1-2-16(22-15-9-5-13(18)6-10-15)17(21)20-11-12-3-7-14(19)8-4-12/h3-10,16H,2,11H2,1H3,(H,20,21). The van der Waals surface area contributed by atoms with Crippen molar-refractivity contribution < 1.29 is 13.9 Å². The highest BCUT2D eigenvalue weighted by molar-refractivity contribution is 6.30. The molecule has 2 rings (SSSR count). The molecule has 0 aliphatic rings. The molecule has 1 unspecified atom stereocenters. The van der Waals surface area contributed by atoms with Crippen molar-refractivity contribution in [2.75, 3.05) is 0 Å². The highest BCUT2D eigenvalue weighted by atomic mass is 35.5. The summed E-state index contributed by atoms with van der Waals surface area (Å²) in [6.45, 7) is 2.21. The zero-order valence-corrected chi connectivity index (χ0v) is 12.9. The van der Waals surface area contributed by atoms with Crippen LogP contribution in [0.4, 0.5) is 4.39 Å². The van der Waals surface area contributed by atoms with Gasteiger partial charge in [0.15, 0.2) is 6.10 Å². The minimum Gasteiger partial charge on any atom is -0.481 e. The molecule has 1 amide bonds. The van der Waals surface area contributed by atoms with Gasteiger partial charge >= 0.3 is 0 Å². The Bertz CT molecular complexity index is 614. The summed E-state index contributed by atoms with van der Waals surface area (Å²) in [4.78, 5) is 12.1. The molecule has 0 aliphatic carbocycles. The lowest BCUT2D eigenvalue weighted by Gasteiger charge is -2.17. The van der Waals surface area contributed by atoms with E-state index in [0.29, 0.717) is 23.7 Å². The number of rotatable bonds is 6. The molecule has 0 spiro atoms. The fourth-order valence-electron chi connectivity index (χ4n) is 1.90. The van der Waals surface area contributed by atoms with E-state index in [4.69, 9.17) is 16.3 Å². The first-order valence-electron chi connectivity index (χ1n) is 7.03. The lowest BCUT2D eigenvalue weighted by molar-refractivity contribution is -0.128. The number of ether oxygens (including phenoxy) is 1. The van der Waals surface area contributed by atoms with Gasteiger partial charge in [0.05, 0.1) is 0 Å². The Morgan fingerprint density at radius 3 is 2.41 bits per heavy atom. The second-order valence-electron chi connectivity index (χ2n) is 4.81. The second-order valence-corrected chi connectivity index (χ2v) is 5.25. The summed E-state index contributed by atoms with van der Waals surface area (Å²) >= 11 is 5.81. The van der Waals surface area contributed by atoms with Crippen LogP contribution in [0.1, 0.15) is 18.9 Å². The molecule has 0 heterocycles. The molecule has 2 aromatic carbocycles. The van der Waals surface area contributed by atoms with Crippen LogP contribution >= 0.6 is 11.6 Å². The number of hydrogen-bond acceptors (Lipinski definition) is 2. The van der Waals surface area contributed by atoms with Gasteiger partial charge in [-0.2, -0.15) is 0 Å². The van der Waals surface area contributed by atoms with E-state index in [2.05, 4.69) is 5.32 Å². The first kappa shape index (κ1) is 16.3. The molecule has 22 heavy (non-hydrogen) atoms. The number of halogens is 2. The average molecular weight is 322 g/mol. The maximum Gasteiger partial charge on any atom is 0.261 e. The number of carbonyl (C=O) groups is 1. The lowest BCUT2D eigenvalue weighted by atomic mass is 10.2. The quantitative estimate of drug-likeness (QED) is 0.874. The summed E-state index contributed by atoms with van der Waals surface area (Å²) in [6, 6.07) is 12.9. The van der Waals surface area contributed by atoms with Crippen molar-refractivity contribution in [2.45, 2.75) is 26.0 Å². The number of carbonyl (C=O) groups excluding carboxylic acids is 1. The van der Waals surface area contributed by atoms with Gasteiger partial charge in [-0.15, -0.1) is 0 Å². The van der Waals surface area contributed by atoms with Crippen LogP contribution in [-0.4, -0.2) is 12.0 Å². The van der Waals surface area contributed by atoms with Gasteiger partial charge in [-0.05, 0) is 48.4 Å². The smallest absolute Gasteiger partial charge is 0.261 e. The highest BCUT2D eigenvalue weighted by Gasteiger charge is 2.17. The van der Waals surface area contributed by atoms with Crippen molar-refractivity contribution in [1.82, 2.24) is 5.32 Å². The van der Waals surface area contributed by atoms with Gasteiger partial charge in [-0.25, -0.2) is 4.39 Å². The molecule has 0 fully saturated rings. The van der Waals surface area contributed by atoms with Crippen LogP contribution < -0.4 is 10.1 Å². The van der Waals surface area contributed by atoms with Gasteiger partial charge in [-0.3, -0.25) is 4.79 Å². The van der Waals surface area contributed by atoms with Gasteiger partial charge < -0.3 is 10.1 Å². The monoisotopic (exact) mass is 321 g/mol. The zero-order valence-electron chi connectivity index (χ0n) is 12.2. The van der Waals surface area contributed by atoms with Crippen LogP contribution in [0.15, 0.2) is 48.5 Å². The van der Waals surface area contributed by atoms with E-state index in [1.165, 1.54) is 12.1 Å². The van der Waals surface area contributed by atoms with E-state index >= 15 is 0 Å². The molecular formula is C17H17ClFNO2. The molecule has 0 aliphatic heterocycles. The molecule has 0 saturated carbocycles. The third-order valence-electron chi connectivity index (χ3n) is 3.14. The summed E-state index contributed by atoms with van der Waals surface area (Å²) in [7, 11) is 0. The van der Waals surface area contributed by atoms with Gasteiger partial charge in [0.25, 0.3) is 5.91 Å². The fourth-order valence-corrected chi connectivity index (χ4v) is 2.03. The summed E-state index contributed by atoms with van der Waals surface area (Å²) in [5, 5.41) is 3.40. The Balaban J connectivity index is 1.91. The molecule has 1 N–H and O–H groups in total. The topological polar surface area (TPSA) is 38.3 Å². The van der Waals surface area contributed by atoms with E-state index in [-0.39, 0.29) is 11.7 Å². The molecular weight excluding hydrogens is 305 g/mol. The maximum absolute atomic E-state index is 12.8. The Hall–Kier alpha value is -2.07. The zero-order chi connectivity index (χ0) is 15.9. The van der Waals surface area contributed by atoms with Crippen molar-refractivity contribution in [3.8, 4) is 5.75 Å². The average Bonchev–Trinajstić information content (AvgIpc) is 2.53. The van der Waals surface area contributed by atoms with Crippen molar-refractivity contribution in [3.63, 3.8) is 0 Å². The van der Waals surface area contributed by atoms with Crippen molar-refractivity contribution >= 4 is 17.5 Å². The first-order chi connectivity index (χ1) is 10.6. The molecule has 1 atom stereocenters. The van der Waals surface area contributed by atoms with E-state index < -0.39 is 6.10 Å². The van der Waals surface area contributed by atoms with Crippen LogP contribution in [0.5, 0.6) is 5.75 Å². The Labute approximate surface area is 134 Å². The minimum absolute atomic E-state index is 0.207. The van der Waals surface area contributed by atoms with Crippen molar-refractivity contribution in [3.05, 3.63) is 64.9 Å². The molecule has 3 nitrogen and oxygen atoms in total. The molecule has 116 valence electrons. The first-order valence-corrected chi connectivity index (χ1v) is 7.40. The van der Waals surface area contributed by atoms with Crippen molar-refractivity contribution in [1.29, 1.82) is 0 Å². The minimum atomic E-state index is -0.582. The van der Waals surface area contributed by atoms with Gasteiger partial charge in [0.1, 0.15) is 11.6 Å². The molecule has 0 saturated heterocycles. The number of amides is 1. The fraction of sp³-hybridized carbons (Fsp3) is 0.235. The number of hydrogen-bond donors (Lipinski definition) is 1. The summed E-state index contributed by atoms with van der Waals surface area (Å²) < 4.78 is 18.5. The Morgan fingerprint density at radius 2 is 1.82 bits per heavy atom. The van der Waals surface area contributed by atoms with E-state index in [1.807, 2.05) is 6.92 Å². The highest BCUT2D eigenvalue weighted by Crippen LogP contribution is 2.17. The number of benzene rings is 2. The predicted octanol–water partition coefficient (Wildman–Crippen LogP) is 3.95. The van der Waals surface area contributed by atoms with Crippen LogP contribution in [0.25, 0.3) is 0 Å². The third-order valence-corrected chi connectivity index (χ3v) is 3.39. The van der Waals surface area contributed by atoms with Gasteiger partial charge in [0.2, 0.25) is 0 Å². The molecule has 0 radical (unpaired) electrons.